The van der Waals surface area contributed by atoms with E-state index in [9.17, 15) is 43.9 Å². The fourth-order valence-corrected chi connectivity index (χ4v) is 4.06. The molecule has 41 heavy (non-hydrogen) atoms. The van der Waals surface area contributed by atoms with Crippen LogP contribution in [0.25, 0.3) is 22.3 Å². The van der Waals surface area contributed by atoms with Crippen molar-refractivity contribution in [1.82, 2.24) is 0 Å². The maximum atomic E-state index is 14.8. The highest BCUT2D eigenvalue weighted by molar-refractivity contribution is 5.67. The van der Waals surface area contributed by atoms with Gasteiger partial charge in [0.2, 0.25) is 5.75 Å². The van der Waals surface area contributed by atoms with Crippen molar-refractivity contribution in [3.05, 3.63) is 107 Å². The summed E-state index contributed by atoms with van der Waals surface area (Å²) in [4.78, 5) is 0. The number of ether oxygens (including phenoxy) is 2. The van der Waals surface area contributed by atoms with Gasteiger partial charge in [-0.1, -0.05) is 43.7 Å². The van der Waals surface area contributed by atoms with Crippen LogP contribution in [0.2, 0.25) is 0 Å². The van der Waals surface area contributed by atoms with E-state index in [0.717, 1.165) is 36.6 Å². The minimum atomic E-state index is -5.40. The Balaban J connectivity index is 1.58. The maximum Gasteiger partial charge on any atom is 0.573 e. The van der Waals surface area contributed by atoms with E-state index < -0.39 is 69.7 Å². The molecule has 0 bridgehead atoms. The topological polar surface area (TPSA) is 18.5 Å². The average Bonchev–Trinajstić information content (AvgIpc) is 2.87. The fraction of sp³-hybridized carbons (Fsp3) is 0.172. The molecule has 4 aromatic carbocycles. The number of aryl methyl sites for hydroxylation is 1. The monoisotopic (exact) mass is 588 g/mol. The number of rotatable bonds is 8. The number of hydrogen-bond donors (Lipinski definition) is 0. The summed E-state index contributed by atoms with van der Waals surface area (Å²) in [5, 5.41) is 0. The molecule has 2 nitrogen and oxygen atoms in total. The average molecular weight is 588 g/mol. The molecule has 0 fully saturated rings. The molecule has 0 spiro atoms. The van der Waals surface area contributed by atoms with Crippen molar-refractivity contribution in [2.24, 2.45) is 0 Å². The van der Waals surface area contributed by atoms with Gasteiger partial charge in [0.05, 0.1) is 0 Å². The predicted octanol–water partition coefficient (Wildman–Crippen LogP) is 9.70. The van der Waals surface area contributed by atoms with E-state index in [1.807, 2.05) is 6.92 Å². The molecule has 0 saturated carbocycles. The van der Waals surface area contributed by atoms with Crippen LogP contribution in [0.15, 0.2) is 66.7 Å². The Hall–Kier alpha value is -4.22. The summed E-state index contributed by atoms with van der Waals surface area (Å²) >= 11 is 0. The molecule has 216 valence electrons. The molecular formula is C29H18F10O2. The van der Waals surface area contributed by atoms with Crippen molar-refractivity contribution in [2.75, 3.05) is 0 Å². The zero-order chi connectivity index (χ0) is 30.1. The van der Waals surface area contributed by atoms with Gasteiger partial charge >= 0.3 is 12.5 Å². The van der Waals surface area contributed by atoms with E-state index in [1.165, 1.54) is 12.1 Å². The Morgan fingerprint density at radius 3 is 1.78 bits per heavy atom. The van der Waals surface area contributed by atoms with Crippen LogP contribution in [0.5, 0.6) is 11.5 Å². The van der Waals surface area contributed by atoms with Crippen LogP contribution < -0.4 is 9.47 Å². The van der Waals surface area contributed by atoms with Gasteiger partial charge in [0.1, 0.15) is 17.1 Å². The molecule has 0 aliphatic rings. The van der Waals surface area contributed by atoms with Crippen molar-refractivity contribution in [3.8, 4) is 33.8 Å². The second kappa shape index (κ2) is 11.3. The standard InChI is InChI=1S/C29H18F10O2/c1-2-3-15-4-6-16(7-5-15)20-10-11-21(26(34)25(20)33)28(35,36)40-18-8-9-19(22(30)14-18)17-12-23(31)27(24(32)13-17)41-29(37,38)39/h4-14H,2-3H2,1H3. The van der Waals surface area contributed by atoms with Crippen LogP contribution in [0.3, 0.4) is 0 Å². The zero-order valence-corrected chi connectivity index (χ0v) is 20.9. The van der Waals surface area contributed by atoms with E-state index >= 15 is 0 Å². The Kier molecular flexibility index (Phi) is 8.23. The largest absolute Gasteiger partial charge is 0.573 e. The van der Waals surface area contributed by atoms with E-state index in [2.05, 4.69) is 9.47 Å². The summed E-state index contributed by atoms with van der Waals surface area (Å²) in [7, 11) is 0. The minimum Gasteiger partial charge on any atom is -0.429 e. The van der Waals surface area contributed by atoms with Gasteiger partial charge < -0.3 is 9.47 Å². The second-order valence-electron chi connectivity index (χ2n) is 8.81. The van der Waals surface area contributed by atoms with Crippen LogP contribution in [0.4, 0.5) is 43.9 Å². The molecule has 0 amide bonds. The molecule has 4 rings (SSSR count). The van der Waals surface area contributed by atoms with Crippen LogP contribution in [0.1, 0.15) is 24.5 Å². The number of alkyl halides is 5. The van der Waals surface area contributed by atoms with Crippen molar-refractivity contribution in [3.63, 3.8) is 0 Å². The first kappa shape index (κ1) is 29.8. The van der Waals surface area contributed by atoms with Gasteiger partial charge in [-0.05, 0) is 53.4 Å². The molecule has 0 heterocycles. The highest BCUT2D eigenvalue weighted by Gasteiger charge is 2.40. The Morgan fingerprint density at radius 2 is 1.22 bits per heavy atom. The lowest BCUT2D eigenvalue weighted by Gasteiger charge is -2.20. The van der Waals surface area contributed by atoms with Crippen molar-refractivity contribution in [1.29, 1.82) is 0 Å². The van der Waals surface area contributed by atoms with Gasteiger partial charge in [0.25, 0.3) is 0 Å². The highest BCUT2D eigenvalue weighted by Crippen LogP contribution is 2.39. The normalized spacial score (nSPS) is 12.0. The van der Waals surface area contributed by atoms with Crippen molar-refractivity contribution < 1.29 is 53.4 Å². The summed E-state index contributed by atoms with van der Waals surface area (Å²) in [5.41, 5.74) is -1.72. The van der Waals surface area contributed by atoms with Crippen LogP contribution >= 0.6 is 0 Å². The van der Waals surface area contributed by atoms with Gasteiger partial charge in [-0.3, -0.25) is 0 Å². The fourth-order valence-electron chi connectivity index (χ4n) is 4.06. The molecular weight excluding hydrogens is 570 g/mol. The van der Waals surface area contributed by atoms with E-state index in [4.69, 9.17) is 0 Å². The first-order valence-electron chi connectivity index (χ1n) is 11.9. The summed E-state index contributed by atoms with van der Waals surface area (Å²) in [6.45, 7) is 1.97. The van der Waals surface area contributed by atoms with Gasteiger partial charge in [-0.2, -0.15) is 8.78 Å². The third-order valence-corrected chi connectivity index (χ3v) is 5.91. The molecule has 0 atom stereocenters. The molecule has 0 unspecified atom stereocenters. The smallest absolute Gasteiger partial charge is 0.429 e. The molecule has 0 aliphatic heterocycles. The van der Waals surface area contributed by atoms with E-state index in [1.54, 1.807) is 12.1 Å². The highest BCUT2D eigenvalue weighted by atomic mass is 19.4. The van der Waals surface area contributed by atoms with E-state index in [-0.39, 0.29) is 11.1 Å². The zero-order valence-electron chi connectivity index (χ0n) is 20.9. The molecule has 4 aromatic rings. The lowest BCUT2D eigenvalue weighted by molar-refractivity contribution is -0.276. The summed E-state index contributed by atoms with van der Waals surface area (Å²) in [6, 6.07) is 10.6. The summed E-state index contributed by atoms with van der Waals surface area (Å²) in [6.07, 6.45) is -8.26. The molecule has 0 N–H and O–H groups in total. The van der Waals surface area contributed by atoms with Gasteiger partial charge in [-0.15, -0.1) is 13.2 Å². The molecule has 0 saturated heterocycles. The number of hydrogen-bond acceptors (Lipinski definition) is 2. The van der Waals surface area contributed by atoms with Crippen molar-refractivity contribution in [2.45, 2.75) is 32.2 Å². The third kappa shape index (κ3) is 6.58. The van der Waals surface area contributed by atoms with Crippen LogP contribution in [0, 0.1) is 29.1 Å². The summed E-state index contributed by atoms with van der Waals surface area (Å²) in [5.74, 6) is -11.1. The predicted molar refractivity (Wildman–Crippen MR) is 129 cm³/mol. The molecule has 12 heteroatoms. The van der Waals surface area contributed by atoms with Crippen LogP contribution in [-0.4, -0.2) is 6.36 Å². The Morgan fingerprint density at radius 1 is 0.610 bits per heavy atom. The first-order valence-corrected chi connectivity index (χ1v) is 11.9. The Bertz CT molecular complexity index is 1540. The number of benzene rings is 4. The molecule has 0 aliphatic carbocycles. The molecule has 0 radical (unpaired) electrons. The minimum absolute atomic E-state index is 0.251. The second-order valence-corrected chi connectivity index (χ2v) is 8.81. The quantitative estimate of drug-likeness (QED) is 0.191. The molecule has 0 aromatic heterocycles. The van der Waals surface area contributed by atoms with E-state index in [0.29, 0.717) is 24.3 Å². The lowest BCUT2D eigenvalue weighted by atomic mass is 10.00. The Labute approximate surface area is 226 Å². The maximum absolute atomic E-state index is 14.8. The number of halogens is 10. The first-order chi connectivity index (χ1) is 19.2. The van der Waals surface area contributed by atoms with Crippen molar-refractivity contribution >= 4 is 0 Å². The van der Waals surface area contributed by atoms with Gasteiger partial charge in [0, 0.05) is 17.2 Å². The summed E-state index contributed by atoms with van der Waals surface area (Å²) < 4.78 is 147. The SMILES string of the molecule is CCCc1ccc(-c2ccc(C(F)(F)Oc3ccc(-c4cc(F)c(OC(F)(F)F)c(F)c4)c(F)c3)c(F)c2F)cc1. The van der Waals surface area contributed by atoms with Crippen LogP contribution in [-0.2, 0) is 12.5 Å². The van der Waals surface area contributed by atoms with Gasteiger partial charge in [-0.25, -0.2) is 22.0 Å². The third-order valence-electron chi connectivity index (χ3n) is 5.91. The lowest BCUT2D eigenvalue weighted by Crippen LogP contribution is -2.24. The van der Waals surface area contributed by atoms with Gasteiger partial charge in [0.15, 0.2) is 23.3 Å².